The summed E-state index contributed by atoms with van der Waals surface area (Å²) >= 11 is 26.8. The van der Waals surface area contributed by atoms with Gasteiger partial charge in [0.05, 0.1) is 21.0 Å². The SMILES string of the molecule is CC(c1ccc2c(c1)CCC(Sc1ccc(-c3c(Cl)cccc3Cl)cc1)N2)C(NC(=O)c1c(Cl)cccc1Cl)C(=O)O. The van der Waals surface area contributed by atoms with Crippen LogP contribution in [0, 0.1) is 0 Å². The summed E-state index contributed by atoms with van der Waals surface area (Å²) in [5, 5.41) is 17.9. The zero-order chi connectivity index (χ0) is 30.0. The van der Waals surface area contributed by atoms with Gasteiger partial charge in [-0.2, -0.15) is 0 Å². The van der Waals surface area contributed by atoms with E-state index in [0.29, 0.717) is 10.0 Å². The topological polar surface area (TPSA) is 78.4 Å². The first-order chi connectivity index (χ1) is 20.1. The second kappa shape index (κ2) is 13.2. The minimum atomic E-state index is -1.17. The third kappa shape index (κ3) is 6.69. The number of aliphatic carboxylic acids is 1. The van der Waals surface area contributed by atoms with Gasteiger partial charge < -0.3 is 15.7 Å². The van der Waals surface area contributed by atoms with E-state index in [4.69, 9.17) is 46.4 Å². The number of carbonyl (C=O) groups is 2. The lowest BCUT2D eigenvalue weighted by Gasteiger charge is -2.29. The van der Waals surface area contributed by atoms with Crippen molar-refractivity contribution in [1.29, 1.82) is 0 Å². The molecule has 0 radical (unpaired) electrons. The fraction of sp³-hybridized carbons (Fsp3) is 0.188. The van der Waals surface area contributed by atoms with Gasteiger partial charge >= 0.3 is 5.97 Å². The van der Waals surface area contributed by atoms with E-state index < -0.39 is 23.8 Å². The van der Waals surface area contributed by atoms with Crippen molar-refractivity contribution >= 4 is 75.7 Å². The maximum absolute atomic E-state index is 12.9. The molecule has 3 atom stereocenters. The molecule has 5 rings (SSSR count). The van der Waals surface area contributed by atoms with Gasteiger partial charge in [0.25, 0.3) is 5.91 Å². The van der Waals surface area contributed by atoms with Crippen LogP contribution in [-0.4, -0.2) is 28.4 Å². The molecule has 1 amide bonds. The largest absolute Gasteiger partial charge is 0.480 e. The summed E-state index contributed by atoms with van der Waals surface area (Å²) in [6, 6.07) is 23.1. The van der Waals surface area contributed by atoms with Crippen molar-refractivity contribution in [3.63, 3.8) is 0 Å². The molecule has 4 aromatic carbocycles. The molecule has 0 aliphatic carbocycles. The number of fused-ring (bicyclic) bond motifs is 1. The molecule has 1 aliphatic heterocycles. The molecule has 0 fully saturated rings. The zero-order valence-electron chi connectivity index (χ0n) is 22.3. The second-order valence-electron chi connectivity index (χ2n) is 10.0. The number of rotatable bonds is 8. The Hall–Kier alpha value is -2.87. The summed E-state index contributed by atoms with van der Waals surface area (Å²) in [5.74, 6) is -2.28. The summed E-state index contributed by atoms with van der Waals surface area (Å²) in [6.45, 7) is 1.78. The van der Waals surface area contributed by atoms with Crippen LogP contribution in [0.4, 0.5) is 5.69 Å². The minimum Gasteiger partial charge on any atom is -0.480 e. The highest BCUT2D eigenvalue weighted by molar-refractivity contribution is 8.00. The lowest BCUT2D eigenvalue weighted by Crippen LogP contribution is -2.44. The fourth-order valence-electron chi connectivity index (χ4n) is 5.02. The van der Waals surface area contributed by atoms with Crippen LogP contribution >= 0.6 is 58.2 Å². The van der Waals surface area contributed by atoms with Gasteiger partial charge in [-0.05, 0) is 72.0 Å². The smallest absolute Gasteiger partial charge is 0.326 e. The van der Waals surface area contributed by atoms with Gasteiger partial charge in [-0.1, -0.05) is 89.7 Å². The average molecular weight is 660 g/mol. The Morgan fingerprint density at radius 3 is 2.14 bits per heavy atom. The number of carbonyl (C=O) groups excluding carboxylic acids is 1. The molecule has 10 heteroatoms. The van der Waals surface area contributed by atoms with E-state index in [1.54, 1.807) is 24.8 Å². The van der Waals surface area contributed by atoms with Crippen LogP contribution in [0.2, 0.25) is 20.1 Å². The number of benzene rings is 4. The van der Waals surface area contributed by atoms with Crippen molar-refractivity contribution in [3.05, 3.63) is 116 Å². The number of carboxylic acid groups (broad SMARTS) is 1. The summed E-state index contributed by atoms with van der Waals surface area (Å²) in [6.07, 6.45) is 1.71. The van der Waals surface area contributed by atoms with Crippen LogP contribution in [0.15, 0.2) is 83.8 Å². The third-order valence-electron chi connectivity index (χ3n) is 7.27. The van der Waals surface area contributed by atoms with Crippen molar-refractivity contribution in [2.24, 2.45) is 0 Å². The summed E-state index contributed by atoms with van der Waals surface area (Å²) in [4.78, 5) is 26.2. The lowest BCUT2D eigenvalue weighted by molar-refractivity contribution is -0.139. The third-order valence-corrected chi connectivity index (χ3v) is 9.72. The Kier molecular flexibility index (Phi) is 9.60. The molecule has 5 nitrogen and oxygen atoms in total. The molecule has 0 bridgehead atoms. The number of aryl methyl sites for hydroxylation is 1. The Morgan fingerprint density at radius 1 is 0.905 bits per heavy atom. The fourth-order valence-corrected chi connectivity index (χ4v) is 7.25. The highest BCUT2D eigenvalue weighted by atomic mass is 35.5. The Labute approximate surface area is 268 Å². The number of halogens is 4. The molecule has 1 heterocycles. The number of hydrogen-bond acceptors (Lipinski definition) is 4. The second-order valence-corrected chi connectivity index (χ2v) is 12.9. The predicted octanol–water partition coefficient (Wildman–Crippen LogP) is 9.43. The number of hydrogen-bond donors (Lipinski definition) is 3. The molecular weight excluding hydrogens is 634 g/mol. The van der Waals surface area contributed by atoms with Crippen molar-refractivity contribution < 1.29 is 14.7 Å². The average Bonchev–Trinajstić information content (AvgIpc) is 2.96. The molecular formula is C32H26Cl4N2O3S. The van der Waals surface area contributed by atoms with E-state index in [9.17, 15) is 14.7 Å². The molecule has 0 spiro atoms. The van der Waals surface area contributed by atoms with Gasteiger partial charge in [0.2, 0.25) is 0 Å². The maximum Gasteiger partial charge on any atom is 0.326 e. The van der Waals surface area contributed by atoms with Gasteiger partial charge in [-0.3, -0.25) is 4.79 Å². The summed E-state index contributed by atoms with van der Waals surface area (Å²) in [5.41, 5.74) is 4.76. The van der Waals surface area contributed by atoms with E-state index in [1.807, 2.05) is 48.5 Å². The molecule has 1 aliphatic rings. The minimum absolute atomic E-state index is 0.0553. The van der Waals surface area contributed by atoms with Gasteiger partial charge in [-0.15, -0.1) is 11.8 Å². The number of carboxylic acids is 1. The summed E-state index contributed by atoms with van der Waals surface area (Å²) < 4.78 is 0. The molecule has 0 saturated carbocycles. The van der Waals surface area contributed by atoms with Crippen LogP contribution in [0.1, 0.15) is 40.7 Å². The van der Waals surface area contributed by atoms with Crippen molar-refractivity contribution in [3.8, 4) is 11.1 Å². The maximum atomic E-state index is 12.9. The molecule has 3 unspecified atom stereocenters. The number of thioether (sulfide) groups is 1. The van der Waals surface area contributed by atoms with Crippen LogP contribution in [-0.2, 0) is 11.2 Å². The first-order valence-electron chi connectivity index (χ1n) is 13.2. The molecule has 0 saturated heterocycles. The first kappa shape index (κ1) is 30.6. The van der Waals surface area contributed by atoms with Crippen LogP contribution in [0.5, 0.6) is 0 Å². The molecule has 3 N–H and O–H groups in total. The molecule has 42 heavy (non-hydrogen) atoms. The quantitative estimate of drug-likeness (QED) is 0.176. The Morgan fingerprint density at radius 2 is 1.52 bits per heavy atom. The number of amides is 1. The first-order valence-corrected chi connectivity index (χ1v) is 15.6. The molecule has 0 aromatic heterocycles. The van der Waals surface area contributed by atoms with Gasteiger partial charge in [0.1, 0.15) is 6.04 Å². The van der Waals surface area contributed by atoms with Crippen molar-refractivity contribution in [2.75, 3.05) is 5.32 Å². The zero-order valence-corrected chi connectivity index (χ0v) is 26.2. The van der Waals surface area contributed by atoms with E-state index in [0.717, 1.165) is 45.7 Å². The van der Waals surface area contributed by atoms with E-state index in [2.05, 4.69) is 22.8 Å². The monoisotopic (exact) mass is 658 g/mol. The van der Waals surface area contributed by atoms with Crippen LogP contribution in [0.3, 0.4) is 0 Å². The highest BCUT2D eigenvalue weighted by Gasteiger charge is 2.30. The predicted molar refractivity (Wildman–Crippen MR) is 174 cm³/mol. The lowest BCUT2D eigenvalue weighted by atomic mass is 9.89. The van der Waals surface area contributed by atoms with Crippen LogP contribution < -0.4 is 10.6 Å². The van der Waals surface area contributed by atoms with Crippen molar-refractivity contribution in [1.82, 2.24) is 5.32 Å². The number of nitrogens with one attached hydrogen (secondary N) is 2. The normalized spacial score (nSPS) is 15.7. The number of anilines is 1. The molecule has 4 aromatic rings. The van der Waals surface area contributed by atoms with E-state index >= 15 is 0 Å². The standard InChI is InChI=1S/C32H26Cl4N2O3S/c1-17(30(32(40)41)38-31(39)29-24(35)6-3-7-25(29)36)19-10-14-26-20(16-19)11-15-27(37-26)42-21-12-8-18(9-13-21)28-22(33)4-2-5-23(28)34/h2-10,12-14,16-17,27,30,37H,11,15H2,1H3,(H,38,39)(H,40,41). The van der Waals surface area contributed by atoms with Crippen LogP contribution in [0.25, 0.3) is 11.1 Å². The van der Waals surface area contributed by atoms with E-state index in [1.165, 1.54) is 12.1 Å². The Bertz CT molecular complexity index is 1610. The summed E-state index contributed by atoms with van der Waals surface area (Å²) in [7, 11) is 0. The van der Waals surface area contributed by atoms with Gasteiger partial charge in [0.15, 0.2) is 0 Å². The van der Waals surface area contributed by atoms with Gasteiger partial charge in [0, 0.05) is 32.1 Å². The molecule has 216 valence electrons. The van der Waals surface area contributed by atoms with E-state index in [-0.39, 0.29) is 21.0 Å². The van der Waals surface area contributed by atoms with Gasteiger partial charge in [-0.25, -0.2) is 4.79 Å². The Balaban J connectivity index is 1.26. The highest BCUT2D eigenvalue weighted by Crippen LogP contribution is 2.38. The van der Waals surface area contributed by atoms with Crippen molar-refractivity contribution in [2.45, 2.75) is 42.0 Å².